The van der Waals surface area contributed by atoms with E-state index in [0.29, 0.717) is 15.2 Å². The zero-order valence-corrected chi connectivity index (χ0v) is 15.7. The summed E-state index contributed by atoms with van der Waals surface area (Å²) < 4.78 is 28.1. The number of nitrogens with one attached hydrogen (secondary N) is 1. The lowest BCUT2D eigenvalue weighted by Gasteiger charge is -2.12. The second-order valence-electron chi connectivity index (χ2n) is 4.04. The summed E-state index contributed by atoms with van der Waals surface area (Å²) >= 11 is 18.1. The molecular formula is C12H8Br2Cl2N2O2S. The minimum Gasteiger partial charge on any atom is -0.398 e. The molecule has 0 radical (unpaired) electrons. The first-order valence-corrected chi connectivity index (χ1v) is 9.25. The van der Waals surface area contributed by atoms with Crippen LogP contribution in [0.4, 0.5) is 11.4 Å². The molecule has 2 aromatic rings. The van der Waals surface area contributed by atoms with E-state index in [-0.39, 0.29) is 20.1 Å². The molecule has 0 unspecified atom stereocenters. The lowest BCUT2D eigenvalue weighted by Crippen LogP contribution is -2.14. The quantitative estimate of drug-likeness (QED) is 0.621. The van der Waals surface area contributed by atoms with Crippen molar-refractivity contribution in [3.05, 3.63) is 49.3 Å². The molecule has 2 aromatic carbocycles. The topological polar surface area (TPSA) is 72.2 Å². The lowest BCUT2D eigenvalue weighted by molar-refractivity contribution is 0.601. The predicted molar refractivity (Wildman–Crippen MR) is 93.5 cm³/mol. The standard InChI is InChI=1S/C12H8Br2Cl2N2O2S/c13-8-5-7(1-2-9(8)16)18-21(19,20)11-4-6(15)3-10(17)12(11)14/h1-5,18H,17H2. The minimum absolute atomic E-state index is 0.0430. The molecule has 0 saturated carbocycles. The summed E-state index contributed by atoms with van der Waals surface area (Å²) in [7, 11) is -3.84. The molecule has 0 bridgehead atoms. The van der Waals surface area contributed by atoms with Gasteiger partial charge in [0.05, 0.1) is 15.2 Å². The van der Waals surface area contributed by atoms with E-state index >= 15 is 0 Å². The monoisotopic (exact) mass is 472 g/mol. The summed E-state index contributed by atoms with van der Waals surface area (Å²) in [5.74, 6) is 0. The number of halogens is 4. The van der Waals surface area contributed by atoms with Gasteiger partial charge in [-0.1, -0.05) is 23.2 Å². The maximum atomic E-state index is 12.4. The van der Waals surface area contributed by atoms with Crippen LogP contribution < -0.4 is 10.5 Å². The fourth-order valence-corrected chi connectivity index (χ4v) is 4.39. The van der Waals surface area contributed by atoms with Crippen LogP contribution in [0.25, 0.3) is 0 Å². The Labute approximate surface area is 148 Å². The van der Waals surface area contributed by atoms with Crippen molar-refractivity contribution in [2.75, 3.05) is 10.5 Å². The van der Waals surface area contributed by atoms with Crippen LogP contribution in [-0.2, 0) is 10.0 Å². The number of sulfonamides is 1. The van der Waals surface area contributed by atoms with Gasteiger partial charge in [-0.05, 0) is 62.2 Å². The van der Waals surface area contributed by atoms with Gasteiger partial charge < -0.3 is 5.73 Å². The Kier molecular flexibility index (Phi) is 5.10. The van der Waals surface area contributed by atoms with Crippen molar-refractivity contribution in [2.45, 2.75) is 4.90 Å². The summed E-state index contributed by atoms with van der Waals surface area (Å²) in [6.45, 7) is 0. The van der Waals surface area contributed by atoms with Gasteiger partial charge >= 0.3 is 0 Å². The van der Waals surface area contributed by atoms with E-state index in [9.17, 15) is 8.42 Å². The van der Waals surface area contributed by atoms with E-state index < -0.39 is 10.0 Å². The van der Waals surface area contributed by atoms with Crippen molar-refractivity contribution in [1.82, 2.24) is 0 Å². The summed E-state index contributed by atoms with van der Waals surface area (Å²) in [5, 5.41) is 0.708. The molecule has 21 heavy (non-hydrogen) atoms. The fraction of sp³-hybridized carbons (Fsp3) is 0. The van der Waals surface area contributed by atoms with Crippen LogP contribution in [0.2, 0.25) is 10.0 Å². The van der Waals surface area contributed by atoms with E-state index in [4.69, 9.17) is 28.9 Å². The van der Waals surface area contributed by atoms with Crippen LogP contribution in [0.1, 0.15) is 0 Å². The van der Waals surface area contributed by atoms with Crippen molar-refractivity contribution in [2.24, 2.45) is 0 Å². The molecule has 0 heterocycles. The first-order chi connectivity index (χ1) is 9.70. The number of hydrogen-bond donors (Lipinski definition) is 2. The molecule has 0 atom stereocenters. The Balaban J connectivity index is 2.45. The van der Waals surface area contributed by atoms with Gasteiger partial charge in [-0.15, -0.1) is 0 Å². The molecule has 0 aliphatic carbocycles. The Hall–Kier alpha value is -0.470. The van der Waals surface area contributed by atoms with Crippen molar-refractivity contribution in [1.29, 1.82) is 0 Å². The van der Waals surface area contributed by atoms with Gasteiger partial charge in [0.25, 0.3) is 10.0 Å². The molecule has 2 rings (SSSR count). The molecule has 9 heteroatoms. The lowest BCUT2D eigenvalue weighted by atomic mass is 10.3. The average molecular weight is 475 g/mol. The van der Waals surface area contributed by atoms with Gasteiger partial charge in [-0.3, -0.25) is 4.72 Å². The summed E-state index contributed by atoms with van der Waals surface area (Å²) in [6, 6.07) is 7.46. The van der Waals surface area contributed by atoms with E-state index in [0.717, 1.165) is 0 Å². The maximum Gasteiger partial charge on any atom is 0.263 e. The molecule has 0 amide bonds. The van der Waals surface area contributed by atoms with Gasteiger partial charge in [0.1, 0.15) is 4.90 Å². The molecule has 0 aliphatic heterocycles. The van der Waals surface area contributed by atoms with E-state index in [1.165, 1.54) is 12.1 Å². The fourth-order valence-electron chi connectivity index (χ4n) is 1.55. The second-order valence-corrected chi connectivity index (χ2v) is 8.18. The van der Waals surface area contributed by atoms with Crippen LogP contribution in [0, 0.1) is 0 Å². The van der Waals surface area contributed by atoms with Crippen molar-refractivity contribution in [3.63, 3.8) is 0 Å². The number of anilines is 2. The molecule has 0 aromatic heterocycles. The normalized spacial score (nSPS) is 11.4. The first-order valence-electron chi connectivity index (χ1n) is 5.43. The summed E-state index contributed by atoms with van der Waals surface area (Å²) in [5.41, 5.74) is 6.30. The average Bonchev–Trinajstić information content (AvgIpc) is 2.37. The Morgan fingerprint density at radius 3 is 2.38 bits per heavy atom. The third kappa shape index (κ3) is 3.84. The van der Waals surface area contributed by atoms with Crippen molar-refractivity contribution >= 4 is 76.5 Å². The van der Waals surface area contributed by atoms with Crippen LogP contribution >= 0.6 is 55.1 Å². The number of nitrogens with two attached hydrogens (primary N) is 1. The van der Waals surface area contributed by atoms with E-state index in [1.807, 2.05) is 0 Å². The van der Waals surface area contributed by atoms with Crippen LogP contribution in [-0.4, -0.2) is 8.42 Å². The van der Waals surface area contributed by atoms with E-state index in [1.54, 1.807) is 18.2 Å². The van der Waals surface area contributed by atoms with Crippen LogP contribution in [0.3, 0.4) is 0 Å². The first kappa shape index (κ1) is 16.9. The van der Waals surface area contributed by atoms with E-state index in [2.05, 4.69) is 36.6 Å². The molecule has 112 valence electrons. The van der Waals surface area contributed by atoms with Crippen molar-refractivity contribution < 1.29 is 8.42 Å². The largest absolute Gasteiger partial charge is 0.398 e. The zero-order valence-electron chi connectivity index (χ0n) is 10.2. The smallest absolute Gasteiger partial charge is 0.263 e. The summed E-state index contributed by atoms with van der Waals surface area (Å²) in [4.78, 5) is -0.0430. The molecule has 0 spiro atoms. The number of rotatable bonds is 3. The highest BCUT2D eigenvalue weighted by atomic mass is 79.9. The number of nitrogen functional groups attached to an aromatic ring is 1. The highest BCUT2D eigenvalue weighted by molar-refractivity contribution is 9.11. The predicted octanol–water partition coefficient (Wildman–Crippen LogP) is 4.90. The zero-order chi connectivity index (χ0) is 15.8. The Bertz CT molecular complexity index is 813. The van der Waals surface area contributed by atoms with Gasteiger partial charge in [-0.25, -0.2) is 8.42 Å². The highest BCUT2D eigenvalue weighted by Crippen LogP contribution is 2.33. The third-order valence-corrected chi connectivity index (χ3v) is 6.48. The molecule has 4 nitrogen and oxygen atoms in total. The minimum atomic E-state index is -3.84. The SMILES string of the molecule is Nc1cc(Cl)cc(S(=O)(=O)Nc2ccc(Cl)c(Br)c2)c1Br. The second kappa shape index (κ2) is 6.34. The Morgan fingerprint density at radius 1 is 1.10 bits per heavy atom. The Morgan fingerprint density at radius 2 is 1.76 bits per heavy atom. The van der Waals surface area contributed by atoms with Gasteiger partial charge in [0, 0.05) is 15.2 Å². The molecular weight excluding hydrogens is 467 g/mol. The van der Waals surface area contributed by atoms with Gasteiger partial charge in [-0.2, -0.15) is 0 Å². The molecule has 0 saturated heterocycles. The number of hydrogen-bond acceptors (Lipinski definition) is 3. The highest BCUT2D eigenvalue weighted by Gasteiger charge is 2.20. The van der Waals surface area contributed by atoms with Crippen LogP contribution in [0.15, 0.2) is 44.2 Å². The summed E-state index contributed by atoms with van der Waals surface area (Å²) in [6.07, 6.45) is 0. The van der Waals surface area contributed by atoms with Gasteiger partial charge in [0.2, 0.25) is 0 Å². The van der Waals surface area contributed by atoms with Crippen molar-refractivity contribution in [3.8, 4) is 0 Å². The maximum absolute atomic E-state index is 12.4. The molecule has 0 aliphatic rings. The molecule has 3 N–H and O–H groups in total. The van der Waals surface area contributed by atoms with Gasteiger partial charge in [0.15, 0.2) is 0 Å². The van der Waals surface area contributed by atoms with Crippen LogP contribution in [0.5, 0.6) is 0 Å². The molecule has 0 fully saturated rings. The number of benzene rings is 2. The third-order valence-electron chi connectivity index (χ3n) is 2.49.